The van der Waals surface area contributed by atoms with Crippen molar-refractivity contribution in [2.24, 2.45) is 14.1 Å². The first kappa shape index (κ1) is 13.6. The maximum Gasteiger partial charge on any atom is 0.0948 e. The van der Waals surface area contributed by atoms with E-state index in [4.69, 9.17) is 4.98 Å². The third-order valence-electron chi connectivity index (χ3n) is 3.80. The molecule has 3 heterocycles. The second-order valence-electron chi connectivity index (χ2n) is 5.72. The minimum absolute atomic E-state index is 0.457. The van der Waals surface area contributed by atoms with Gasteiger partial charge < -0.3 is 9.13 Å². The zero-order valence-corrected chi connectivity index (χ0v) is 12.9. The van der Waals surface area contributed by atoms with Gasteiger partial charge in [-0.15, -0.1) is 0 Å². The molecule has 0 aliphatic carbocycles. The molecule has 108 valence electrons. The standard InChI is InChI=1S/C17H20N4/c1-12(2)13-8-14(16-6-5-7-20(16)3)19-15(9-13)17-10-18-11-21(17)4/h5-12H,1-4H3. The second kappa shape index (κ2) is 5.20. The second-order valence-corrected chi connectivity index (χ2v) is 5.72. The Hall–Kier alpha value is -2.36. The van der Waals surface area contributed by atoms with Crippen LogP contribution in [-0.2, 0) is 14.1 Å². The highest BCUT2D eigenvalue weighted by Crippen LogP contribution is 2.27. The smallest absolute Gasteiger partial charge is 0.0948 e. The number of hydrogen-bond donors (Lipinski definition) is 0. The van der Waals surface area contributed by atoms with E-state index in [1.54, 1.807) is 6.33 Å². The van der Waals surface area contributed by atoms with Crippen LogP contribution in [0.25, 0.3) is 22.8 Å². The third-order valence-corrected chi connectivity index (χ3v) is 3.80. The van der Waals surface area contributed by atoms with E-state index in [1.165, 1.54) is 5.56 Å². The predicted octanol–water partition coefficient (Wildman–Crippen LogP) is 3.61. The Labute approximate surface area is 125 Å². The summed E-state index contributed by atoms with van der Waals surface area (Å²) in [4.78, 5) is 9.04. The van der Waals surface area contributed by atoms with Crippen LogP contribution in [0, 0.1) is 0 Å². The van der Waals surface area contributed by atoms with E-state index in [0.717, 1.165) is 22.8 Å². The molecule has 4 nitrogen and oxygen atoms in total. The van der Waals surface area contributed by atoms with Gasteiger partial charge in [0.25, 0.3) is 0 Å². The summed E-state index contributed by atoms with van der Waals surface area (Å²) in [5, 5.41) is 0. The van der Waals surface area contributed by atoms with Crippen molar-refractivity contribution in [3.8, 4) is 22.8 Å². The lowest BCUT2D eigenvalue weighted by molar-refractivity contribution is 0.858. The molecule has 0 radical (unpaired) electrons. The maximum atomic E-state index is 4.84. The van der Waals surface area contributed by atoms with Crippen molar-refractivity contribution in [2.45, 2.75) is 19.8 Å². The average molecular weight is 280 g/mol. The summed E-state index contributed by atoms with van der Waals surface area (Å²) in [6.07, 6.45) is 5.71. The van der Waals surface area contributed by atoms with Gasteiger partial charge in [-0.2, -0.15) is 0 Å². The summed E-state index contributed by atoms with van der Waals surface area (Å²) in [5.74, 6) is 0.457. The molecule has 0 aromatic carbocycles. The molecule has 0 spiro atoms. The number of aryl methyl sites for hydroxylation is 2. The minimum Gasteiger partial charge on any atom is -0.349 e. The van der Waals surface area contributed by atoms with Crippen molar-refractivity contribution >= 4 is 0 Å². The monoisotopic (exact) mass is 280 g/mol. The molecule has 3 aromatic rings. The Morgan fingerprint density at radius 1 is 1.00 bits per heavy atom. The Morgan fingerprint density at radius 2 is 1.71 bits per heavy atom. The Kier molecular flexibility index (Phi) is 3.37. The minimum atomic E-state index is 0.457. The van der Waals surface area contributed by atoms with Gasteiger partial charge in [-0.3, -0.25) is 0 Å². The van der Waals surface area contributed by atoms with E-state index in [1.807, 2.05) is 37.1 Å². The lowest BCUT2D eigenvalue weighted by atomic mass is 10.0. The Morgan fingerprint density at radius 3 is 2.24 bits per heavy atom. The first-order valence-electron chi connectivity index (χ1n) is 7.16. The SMILES string of the molecule is CC(C)c1cc(-c2cccn2C)nc(-c2cncn2C)c1. The zero-order valence-electron chi connectivity index (χ0n) is 12.9. The Balaban J connectivity index is 2.20. The number of hydrogen-bond acceptors (Lipinski definition) is 2. The van der Waals surface area contributed by atoms with Gasteiger partial charge in [0.2, 0.25) is 0 Å². The normalized spacial score (nSPS) is 11.3. The molecule has 0 fully saturated rings. The molecule has 0 atom stereocenters. The van der Waals surface area contributed by atoms with Gasteiger partial charge in [-0.25, -0.2) is 9.97 Å². The largest absolute Gasteiger partial charge is 0.349 e. The van der Waals surface area contributed by atoms with E-state index < -0.39 is 0 Å². The number of pyridine rings is 1. The fraction of sp³-hybridized carbons (Fsp3) is 0.294. The number of nitrogens with zero attached hydrogens (tertiary/aromatic N) is 4. The van der Waals surface area contributed by atoms with Gasteiger partial charge in [-0.1, -0.05) is 13.8 Å². The first-order valence-corrected chi connectivity index (χ1v) is 7.16. The quantitative estimate of drug-likeness (QED) is 0.734. The van der Waals surface area contributed by atoms with Crippen LogP contribution in [-0.4, -0.2) is 19.1 Å². The molecule has 0 amide bonds. The van der Waals surface area contributed by atoms with Crippen molar-refractivity contribution in [1.82, 2.24) is 19.1 Å². The summed E-state index contributed by atoms with van der Waals surface area (Å²) < 4.78 is 4.10. The van der Waals surface area contributed by atoms with Crippen LogP contribution in [0.3, 0.4) is 0 Å². The fourth-order valence-electron chi connectivity index (χ4n) is 2.48. The van der Waals surface area contributed by atoms with Crippen LogP contribution in [0.2, 0.25) is 0 Å². The molecule has 0 saturated carbocycles. The molecule has 0 unspecified atom stereocenters. The maximum absolute atomic E-state index is 4.84. The Bertz CT molecular complexity index is 706. The summed E-state index contributed by atoms with van der Waals surface area (Å²) in [6, 6.07) is 8.48. The molecule has 21 heavy (non-hydrogen) atoms. The molecule has 0 N–H and O–H groups in total. The van der Waals surface area contributed by atoms with E-state index >= 15 is 0 Å². The van der Waals surface area contributed by atoms with Crippen LogP contribution < -0.4 is 0 Å². The van der Waals surface area contributed by atoms with E-state index in [9.17, 15) is 0 Å². The fourth-order valence-corrected chi connectivity index (χ4v) is 2.48. The summed E-state index contributed by atoms with van der Waals surface area (Å²) in [6.45, 7) is 4.41. The van der Waals surface area contributed by atoms with Crippen LogP contribution in [0.15, 0.2) is 43.0 Å². The van der Waals surface area contributed by atoms with E-state index in [-0.39, 0.29) is 0 Å². The van der Waals surface area contributed by atoms with Crippen molar-refractivity contribution in [3.05, 3.63) is 48.5 Å². The first-order chi connectivity index (χ1) is 10.1. The summed E-state index contributed by atoms with van der Waals surface area (Å²) in [7, 11) is 4.04. The lowest BCUT2D eigenvalue weighted by Crippen LogP contribution is -1.99. The van der Waals surface area contributed by atoms with E-state index in [0.29, 0.717) is 5.92 Å². The molecule has 0 bridgehead atoms. The summed E-state index contributed by atoms with van der Waals surface area (Å²) >= 11 is 0. The summed E-state index contributed by atoms with van der Waals surface area (Å²) in [5.41, 5.74) is 5.42. The topological polar surface area (TPSA) is 35.6 Å². The third kappa shape index (κ3) is 2.49. The number of aromatic nitrogens is 4. The molecule has 0 saturated heterocycles. The molecule has 3 rings (SSSR count). The van der Waals surface area contributed by atoms with Crippen molar-refractivity contribution in [3.63, 3.8) is 0 Å². The van der Waals surface area contributed by atoms with Gasteiger partial charge in [0.05, 0.1) is 35.3 Å². The van der Waals surface area contributed by atoms with Crippen LogP contribution in [0.4, 0.5) is 0 Å². The van der Waals surface area contributed by atoms with Gasteiger partial charge in [0.1, 0.15) is 0 Å². The number of imidazole rings is 1. The van der Waals surface area contributed by atoms with Crippen molar-refractivity contribution < 1.29 is 0 Å². The van der Waals surface area contributed by atoms with Gasteiger partial charge >= 0.3 is 0 Å². The molecule has 4 heteroatoms. The molecule has 0 aliphatic rings. The molecular formula is C17H20N4. The highest BCUT2D eigenvalue weighted by molar-refractivity contribution is 5.64. The highest BCUT2D eigenvalue weighted by Gasteiger charge is 2.12. The van der Waals surface area contributed by atoms with Crippen LogP contribution in [0.1, 0.15) is 25.3 Å². The molecular weight excluding hydrogens is 260 g/mol. The van der Waals surface area contributed by atoms with Gasteiger partial charge in [0.15, 0.2) is 0 Å². The van der Waals surface area contributed by atoms with Gasteiger partial charge in [0, 0.05) is 20.3 Å². The molecule has 0 aliphatic heterocycles. The number of rotatable bonds is 3. The lowest BCUT2D eigenvalue weighted by Gasteiger charge is -2.12. The highest BCUT2D eigenvalue weighted by atomic mass is 15.0. The van der Waals surface area contributed by atoms with E-state index in [2.05, 4.69) is 41.6 Å². The molecule has 3 aromatic heterocycles. The van der Waals surface area contributed by atoms with Gasteiger partial charge in [-0.05, 0) is 35.7 Å². The predicted molar refractivity (Wildman–Crippen MR) is 84.9 cm³/mol. The average Bonchev–Trinajstić information content (AvgIpc) is 3.06. The zero-order chi connectivity index (χ0) is 15.0. The van der Waals surface area contributed by atoms with Crippen LogP contribution in [0.5, 0.6) is 0 Å². The van der Waals surface area contributed by atoms with Crippen molar-refractivity contribution in [1.29, 1.82) is 0 Å². The van der Waals surface area contributed by atoms with Crippen LogP contribution >= 0.6 is 0 Å². The van der Waals surface area contributed by atoms with Crippen molar-refractivity contribution in [2.75, 3.05) is 0 Å².